The van der Waals surface area contributed by atoms with Crippen LogP contribution in [-0.4, -0.2) is 80.5 Å². The number of carbonyl (C=O) groups excluding carboxylic acids is 1. The van der Waals surface area contributed by atoms with Crippen LogP contribution in [0.3, 0.4) is 0 Å². The van der Waals surface area contributed by atoms with Crippen LogP contribution >= 0.6 is 0 Å². The Balaban J connectivity index is 1.52. The molecule has 196 valence electrons. The number of hydrogen-bond donors (Lipinski definition) is 0. The van der Waals surface area contributed by atoms with Crippen molar-refractivity contribution in [2.24, 2.45) is 0 Å². The highest BCUT2D eigenvalue weighted by Crippen LogP contribution is 2.34. The van der Waals surface area contributed by atoms with Crippen LogP contribution < -0.4 is 9.64 Å². The molecule has 2 aliphatic rings. The fraction of sp³-hybridized carbons (Fsp3) is 0.429. The van der Waals surface area contributed by atoms with Gasteiger partial charge in [-0.2, -0.15) is 0 Å². The van der Waals surface area contributed by atoms with Gasteiger partial charge in [-0.05, 0) is 62.4 Å². The smallest absolute Gasteiger partial charge is 0.254 e. The summed E-state index contributed by atoms with van der Waals surface area (Å²) in [5, 5.41) is 4.41. The van der Waals surface area contributed by atoms with Crippen molar-refractivity contribution < 1.29 is 23.2 Å². The molecule has 2 saturated heterocycles. The first kappa shape index (κ1) is 25.2. The van der Waals surface area contributed by atoms with Crippen molar-refractivity contribution in [2.45, 2.75) is 25.5 Å². The molecule has 2 aliphatic heterocycles. The Kier molecular flexibility index (Phi) is 7.71. The van der Waals surface area contributed by atoms with E-state index >= 15 is 0 Å². The number of nitrogens with zero attached hydrogens (tertiary/aromatic N) is 4. The zero-order valence-electron chi connectivity index (χ0n) is 21.4. The Bertz CT molecular complexity index is 1200. The third kappa shape index (κ3) is 5.78. The summed E-state index contributed by atoms with van der Waals surface area (Å²) in [6, 6.07) is 13.4. The molecule has 2 aromatic carbocycles. The minimum atomic E-state index is -0.318. The van der Waals surface area contributed by atoms with Crippen LogP contribution in [0.4, 0.5) is 10.3 Å². The van der Waals surface area contributed by atoms with Crippen molar-refractivity contribution in [3.63, 3.8) is 0 Å². The predicted octanol–water partition coefficient (Wildman–Crippen LogP) is 4.06. The van der Waals surface area contributed by atoms with E-state index in [1.807, 2.05) is 17.0 Å². The number of amides is 1. The van der Waals surface area contributed by atoms with E-state index in [2.05, 4.69) is 22.0 Å². The van der Waals surface area contributed by atoms with Gasteiger partial charge in [-0.15, -0.1) is 0 Å². The highest BCUT2D eigenvalue weighted by Gasteiger charge is 2.30. The lowest BCUT2D eigenvalue weighted by molar-refractivity contribution is 0.0507. The first-order valence-electron chi connectivity index (χ1n) is 12.7. The Morgan fingerprint density at radius 1 is 1.16 bits per heavy atom. The zero-order chi connectivity index (χ0) is 25.8. The number of anilines is 1. The molecule has 3 heterocycles. The summed E-state index contributed by atoms with van der Waals surface area (Å²) in [5.41, 5.74) is 2.71. The number of likely N-dealkylation sites (N-methyl/N-ethyl adjacent to an activating group) is 1. The summed E-state index contributed by atoms with van der Waals surface area (Å²) in [5.74, 6) is 0.840. The lowest BCUT2D eigenvalue weighted by atomic mass is 10.1. The second kappa shape index (κ2) is 11.3. The molecular weight excluding hydrogens is 475 g/mol. The molecule has 0 bridgehead atoms. The Hall–Kier alpha value is -3.43. The van der Waals surface area contributed by atoms with Gasteiger partial charge < -0.3 is 28.7 Å². The Morgan fingerprint density at radius 3 is 2.65 bits per heavy atom. The molecular formula is C28H33FN4O4. The van der Waals surface area contributed by atoms with Crippen molar-refractivity contribution in [1.82, 2.24) is 15.0 Å². The fourth-order valence-electron chi connectivity index (χ4n) is 4.92. The van der Waals surface area contributed by atoms with Crippen LogP contribution in [0.15, 0.2) is 53.1 Å². The monoisotopic (exact) mass is 508 g/mol. The first-order valence-corrected chi connectivity index (χ1v) is 12.7. The van der Waals surface area contributed by atoms with E-state index in [1.165, 1.54) is 12.1 Å². The third-order valence-electron chi connectivity index (χ3n) is 7.08. The van der Waals surface area contributed by atoms with Crippen molar-refractivity contribution in [1.29, 1.82) is 0 Å². The molecule has 0 aliphatic carbocycles. The maximum Gasteiger partial charge on any atom is 0.254 e. The van der Waals surface area contributed by atoms with Gasteiger partial charge in [-0.3, -0.25) is 4.79 Å². The van der Waals surface area contributed by atoms with Crippen LogP contribution in [-0.2, 0) is 11.3 Å². The molecule has 1 atom stereocenters. The summed E-state index contributed by atoms with van der Waals surface area (Å²) < 4.78 is 30.9. The van der Waals surface area contributed by atoms with Crippen LogP contribution in [0.25, 0.3) is 11.3 Å². The molecule has 1 aromatic heterocycles. The standard InChI is InChI=1S/C28H33FN4O4/c1-31-12-14-32(15-13-31)28-25(26(30-37-28)20-8-10-22(29)11-9-20)19-33(18-24-7-4-16-36-24)27(34)21-5-3-6-23(17-21)35-2/h3,5-6,8-11,17,24H,4,7,12-16,18-19H2,1-2H3/t24-/m0/s1. The molecule has 0 radical (unpaired) electrons. The van der Waals surface area contributed by atoms with E-state index < -0.39 is 0 Å². The number of hydrogen-bond acceptors (Lipinski definition) is 7. The molecule has 3 aromatic rings. The number of aromatic nitrogens is 1. The van der Waals surface area contributed by atoms with Gasteiger partial charge >= 0.3 is 0 Å². The molecule has 37 heavy (non-hydrogen) atoms. The normalized spacial score (nSPS) is 18.2. The first-order chi connectivity index (χ1) is 18.0. The molecule has 0 spiro atoms. The summed E-state index contributed by atoms with van der Waals surface area (Å²) >= 11 is 0. The van der Waals surface area contributed by atoms with Gasteiger partial charge in [0.15, 0.2) is 0 Å². The average molecular weight is 509 g/mol. The van der Waals surface area contributed by atoms with E-state index in [-0.39, 0.29) is 24.4 Å². The second-order valence-electron chi connectivity index (χ2n) is 9.66. The number of piperazine rings is 1. The SMILES string of the molecule is COc1cccc(C(=O)N(Cc2c(-c3ccc(F)cc3)noc2N2CCN(C)CC2)C[C@@H]2CCCO2)c1. The highest BCUT2D eigenvalue weighted by atomic mass is 19.1. The maximum absolute atomic E-state index is 13.8. The van der Waals surface area contributed by atoms with Gasteiger partial charge in [0.2, 0.25) is 5.88 Å². The van der Waals surface area contributed by atoms with Crippen molar-refractivity contribution in [3.05, 3.63) is 65.5 Å². The molecule has 1 amide bonds. The molecule has 0 N–H and O–H groups in total. The van der Waals surface area contributed by atoms with Crippen LogP contribution in [0.2, 0.25) is 0 Å². The minimum absolute atomic E-state index is 0.0317. The number of halogens is 1. The lowest BCUT2D eigenvalue weighted by Gasteiger charge is -2.33. The number of carbonyl (C=O) groups is 1. The van der Waals surface area contributed by atoms with E-state index in [0.717, 1.165) is 50.1 Å². The Labute approximate surface area is 216 Å². The lowest BCUT2D eigenvalue weighted by Crippen LogP contribution is -2.45. The van der Waals surface area contributed by atoms with Gasteiger partial charge in [0.05, 0.1) is 25.3 Å². The molecule has 0 unspecified atom stereocenters. The third-order valence-corrected chi connectivity index (χ3v) is 7.08. The number of methoxy groups -OCH3 is 1. The molecule has 2 fully saturated rings. The molecule has 0 saturated carbocycles. The fourth-order valence-corrected chi connectivity index (χ4v) is 4.92. The zero-order valence-corrected chi connectivity index (χ0v) is 21.4. The van der Waals surface area contributed by atoms with Crippen molar-refractivity contribution in [2.75, 3.05) is 58.4 Å². The summed E-state index contributed by atoms with van der Waals surface area (Å²) in [6.07, 6.45) is 1.85. The average Bonchev–Trinajstić information content (AvgIpc) is 3.59. The largest absolute Gasteiger partial charge is 0.497 e. The van der Waals surface area contributed by atoms with Gasteiger partial charge in [0.1, 0.15) is 17.3 Å². The summed E-state index contributed by atoms with van der Waals surface area (Å²) in [4.78, 5) is 20.1. The number of ether oxygens (including phenoxy) is 2. The second-order valence-corrected chi connectivity index (χ2v) is 9.66. The Morgan fingerprint density at radius 2 is 1.95 bits per heavy atom. The maximum atomic E-state index is 13.8. The van der Waals surface area contributed by atoms with Gasteiger partial charge in [0.25, 0.3) is 5.91 Å². The van der Waals surface area contributed by atoms with Crippen LogP contribution in [0.1, 0.15) is 28.8 Å². The van der Waals surface area contributed by atoms with Crippen molar-refractivity contribution in [3.8, 4) is 17.0 Å². The summed E-state index contributed by atoms with van der Waals surface area (Å²) in [6.45, 7) is 4.81. The van der Waals surface area contributed by atoms with Gasteiger partial charge in [-0.25, -0.2) is 4.39 Å². The highest BCUT2D eigenvalue weighted by molar-refractivity contribution is 5.94. The van der Waals surface area contributed by atoms with Gasteiger partial charge in [-0.1, -0.05) is 11.2 Å². The van der Waals surface area contributed by atoms with E-state index in [1.54, 1.807) is 31.4 Å². The number of benzene rings is 2. The van der Waals surface area contributed by atoms with E-state index in [4.69, 9.17) is 14.0 Å². The minimum Gasteiger partial charge on any atom is -0.497 e. The molecule has 8 nitrogen and oxygen atoms in total. The number of rotatable bonds is 8. The van der Waals surface area contributed by atoms with Crippen molar-refractivity contribution >= 4 is 11.8 Å². The van der Waals surface area contributed by atoms with E-state index in [9.17, 15) is 9.18 Å². The van der Waals surface area contributed by atoms with Crippen LogP contribution in [0.5, 0.6) is 5.75 Å². The quantitative estimate of drug-likeness (QED) is 0.454. The van der Waals surface area contributed by atoms with E-state index in [0.29, 0.717) is 36.0 Å². The molecule has 5 rings (SSSR count). The van der Waals surface area contributed by atoms with Crippen LogP contribution in [0, 0.1) is 5.82 Å². The predicted molar refractivity (Wildman–Crippen MR) is 138 cm³/mol. The topological polar surface area (TPSA) is 71.3 Å². The molecule has 9 heteroatoms. The van der Waals surface area contributed by atoms with Gasteiger partial charge in [0, 0.05) is 50.5 Å². The summed E-state index contributed by atoms with van der Waals surface area (Å²) in [7, 11) is 3.68.